The summed E-state index contributed by atoms with van der Waals surface area (Å²) in [6.07, 6.45) is 0.524. The molecule has 0 radical (unpaired) electrons. The van der Waals surface area contributed by atoms with Gasteiger partial charge in [0, 0.05) is 0 Å². The van der Waals surface area contributed by atoms with E-state index in [0.717, 1.165) is 22.8 Å². The van der Waals surface area contributed by atoms with E-state index in [0.29, 0.717) is 6.42 Å². The molecule has 1 amide bonds. The topological polar surface area (TPSA) is 29.5 Å². The second-order valence-electron chi connectivity index (χ2n) is 4.42. The van der Waals surface area contributed by atoms with Gasteiger partial charge in [-0.05, 0) is 24.1 Å². The van der Waals surface area contributed by atoms with Crippen LogP contribution in [-0.4, -0.2) is 24.6 Å². The molecule has 0 saturated carbocycles. The summed E-state index contributed by atoms with van der Waals surface area (Å²) in [4.78, 5) is 17.1. The maximum Gasteiger partial charge on any atom is 0.283 e. The second-order valence-corrected chi connectivity index (χ2v) is 4.42. The Labute approximate surface area is 121 Å². The largest absolute Gasteiger partial charge is 0.283 e. The van der Waals surface area contributed by atoms with Gasteiger partial charge >= 0.3 is 0 Å². The second kappa shape index (κ2) is 6.95. The minimum atomic E-state index is -0.901. The highest BCUT2D eigenvalue weighted by atomic mass is 19.1. The average Bonchev–Trinajstić information content (AvgIpc) is 2.49. The van der Waals surface area contributed by atoms with E-state index < -0.39 is 23.1 Å². The first-order valence-electron chi connectivity index (χ1n) is 6.47. The van der Waals surface area contributed by atoms with Crippen molar-refractivity contribution in [1.82, 2.24) is 5.06 Å². The normalized spacial score (nSPS) is 10.4. The highest BCUT2D eigenvalue weighted by Crippen LogP contribution is 2.15. The number of hydroxylamine groups is 2. The quantitative estimate of drug-likeness (QED) is 0.792. The molecule has 0 aliphatic rings. The number of hydrogen-bond donors (Lipinski definition) is 0. The number of carbonyl (C=O) groups is 1. The molecule has 0 N–H and O–H groups in total. The Morgan fingerprint density at radius 2 is 1.67 bits per heavy atom. The van der Waals surface area contributed by atoms with E-state index in [2.05, 4.69) is 0 Å². The molecule has 0 atom stereocenters. The number of amides is 1. The van der Waals surface area contributed by atoms with Gasteiger partial charge in [0.05, 0.1) is 13.7 Å². The van der Waals surface area contributed by atoms with Crippen molar-refractivity contribution in [2.75, 3.05) is 13.7 Å². The van der Waals surface area contributed by atoms with Crippen molar-refractivity contribution >= 4 is 5.91 Å². The van der Waals surface area contributed by atoms with Crippen LogP contribution in [0.15, 0.2) is 48.5 Å². The van der Waals surface area contributed by atoms with E-state index in [-0.39, 0.29) is 6.54 Å². The maximum absolute atomic E-state index is 13.6. The van der Waals surface area contributed by atoms with E-state index in [9.17, 15) is 13.6 Å². The van der Waals surface area contributed by atoms with Gasteiger partial charge in [-0.15, -0.1) is 0 Å². The van der Waals surface area contributed by atoms with Crippen LogP contribution < -0.4 is 0 Å². The van der Waals surface area contributed by atoms with Gasteiger partial charge in [0.2, 0.25) is 0 Å². The lowest BCUT2D eigenvalue weighted by Crippen LogP contribution is -2.33. The molecule has 0 spiro atoms. The minimum Gasteiger partial charge on any atom is -0.274 e. The van der Waals surface area contributed by atoms with Crippen molar-refractivity contribution in [2.24, 2.45) is 0 Å². The van der Waals surface area contributed by atoms with Gasteiger partial charge in [-0.3, -0.25) is 9.63 Å². The van der Waals surface area contributed by atoms with Crippen molar-refractivity contribution < 1.29 is 18.4 Å². The van der Waals surface area contributed by atoms with Gasteiger partial charge in [-0.2, -0.15) is 0 Å². The lowest BCUT2D eigenvalue weighted by molar-refractivity contribution is -0.0947. The zero-order valence-electron chi connectivity index (χ0n) is 11.6. The van der Waals surface area contributed by atoms with Crippen LogP contribution in [0.5, 0.6) is 0 Å². The summed E-state index contributed by atoms with van der Waals surface area (Å²) in [5.74, 6) is -2.63. The molecule has 0 heterocycles. The van der Waals surface area contributed by atoms with Crippen molar-refractivity contribution in [3.8, 4) is 0 Å². The summed E-state index contributed by atoms with van der Waals surface area (Å²) < 4.78 is 27.2. The first kappa shape index (κ1) is 15.1. The van der Waals surface area contributed by atoms with Gasteiger partial charge in [-0.1, -0.05) is 36.4 Å². The molecule has 0 aliphatic carbocycles. The van der Waals surface area contributed by atoms with Crippen molar-refractivity contribution in [3.63, 3.8) is 0 Å². The highest BCUT2D eigenvalue weighted by molar-refractivity contribution is 5.94. The van der Waals surface area contributed by atoms with Crippen LogP contribution in [0.1, 0.15) is 15.9 Å². The van der Waals surface area contributed by atoms with E-state index in [4.69, 9.17) is 4.84 Å². The minimum absolute atomic E-state index is 0.202. The summed E-state index contributed by atoms with van der Waals surface area (Å²) >= 11 is 0. The summed E-state index contributed by atoms with van der Waals surface area (Å²) in [5.41, 5.74) is 0.397. The molecule has 2 aromatic rings. The molecule has 3 nitrogen and oxygen atoms in total. The Hall–Kier alpha value is -2.27. The van der Waals surface area contributed by atoms with Crippen LogP contribution in [-0.2, 0) is 11.3 Å². The maximum atomic E-state index is 13.6. The number of hydrogen-bond acceptors (Lipinski definition) is 2. The molecule has 5 heteroatoms. The van der Waals surface area contributed by atoms with Crippen LogP contribution in [0, 0.1) is 11.6 Å². The number of carbonyl (C=O) groups excluding carboxylic acids is 1. The molecule has 110 valence electrons. The predicted molar refractivity (Wildman–Crippen MR) is 74.5 cm³/mol. The van der Waals surface area contributed by atoms with Crippen LogP contribution in [0.4, 0.5) is 8.78 Å². The summed E-state index contributed by atoms with van der Waals surface area (Å²) in [6, 6.07) is 12.8. The van der Waals surface area contributed by atoms with Crippen molar-refractivity contribution in [2.45, 2.75) is 6.42 Å². The molecule has 0 unspecified atom stereocenters. The smallest absolute Gasteiger partial charge is 0.274 e. The summed E-state index contributed by atoms with van der Waals surface area (Å²) in [6.45, 7) is 0.202. The third kappa shape index (κ3) is 3.64. The third-order valence-corrected chi connectivity index (χ3v) is 3.07. The van der Waals surface area contributed by atoms with E-state index in [1.807, 2.05) is 30.3 Å². The first-order chi connectivity index (χ1) is 10.1. The fraction of sp³-hybridized carbons (Fsp3) is 0.188. The lowest BCUT2D eigenvalue weighted by atomic mass is 10.1. The molecule has 0 fully saturated rings. The summed E-state index contributed by atoms with van der Waals surface area (Å²) in [7, 11) is 1.29. The number of halogens is 2. The monoisotopic (exact) mass is 291 g/mol. The van der Waals surface area contributed by atoms with Crippen LogP contribution in [0.3, 0.4) is 0 Å². The molecular weight excluding hydrogens is 276 g/mol. The standard InChI is InChI=1S/C16H15F2NO2/c1-21-19(11-10-12-6-3-2-4-7-12)16(20)15-13(17)8-5-9-14(15)18/h2-9H,10-11H2,1H3. The van der Waals surface area contributed by atoms with E-state index in [1.54, 1.807) is 0 Å². The molecule has 0 aromatic heterocycles. The molecule has 2 aromatic carbocycles. The van der Waals surface area contributed by atoms with Gasteiger partial charge in [-0.25, -0.2) is 13.8 Å². The third-order valence-electron chi connectivity index (χ3n) is 3.07. The predicted octanol–water partition coefficient (Wildman–Crippen LogP) is 3.21. The molecule has 0 bridgehead atoms. The Morgan fingerprint density at radius 1 is 1.05 bits per heavy atom. The molecule has 2 rings (SSSR count). The van der Waals surface area contributed by atoms with Crippen LogP contribution in [0.2, 0.25) is 0 Å². The number of benzene rings is 2. The van der Waals surface area contributed by atoms with Gasteiger partial charge in [0.25, 0.3) is 5.91 Å². The fourth-order valence-electron chi connectivity index (χ4n) is 1.98. The molecular formula is C16H15F2NO2. The lowest BCUT2D eigenvalue weighted by Gasteiger charge is -2.20. The first-order valence-corrected chi connectivity index (χ1v) is 6.47. The van der Waals surface area contributed by atoms with Gasteiger partial charge in [0.1, 0.15) is 17.2 Å². The fourth-order valence-corrected chi connectivity index (χ4v) is 1.98. The van der Waals surface area contributed by atoms with Gasteiger partial charge < -0.3 is 0 Å². The average molecular weight is 291 g/mol. The molecule has 0 aliphatic heterocycles. The Kier molecular flexibility index (Phi) is 5.00. The Morgan fingerprint density at radius 3 is 2.24 bits per heavy atom. The zero-order valence-corrected chi connectivity index (χ0v) is 11.6. The van der Waals surface area contributed by atoms with Gasteiger partial charge in [0.15, 0.2) is 0 Å². The number of nitrogens with zero attached hydrogens (tertiary/aromatic N) is 1. The Balaban J connectivity index is 2.12. The van der Waals surface area contributed by atoms with Crippen molar-refractivity contribution in [3.05, 3.63) is 71.3 Å². The van der Waals surface area contributed by atoms with E-state index >= 15 is 0 Å². The van der Waals surface area contributed by atoms with Crippen LogP contribution in [0.25, 0.3) is 0 Å². The Bertz CT molecular complexity index is 597. The summed E-state index contributed by atoms with van der Waals surface area (Å²) in [5, 5.41) is 0.953. The SMILES string of the molecule is CON(CCc1ccccc1)C(=O)c1c(F)cccc1F. The zero-order chi connectivity index (χ0) is 15.2. The van der Waals surface area contributed by atoms with Crippen LogP contribution >= 0.6 is 0 Å². The molecule has 0 saturated heterocycles. The highest BCUT2D eigenvalue weighted by Gasteiger charge is 2.23. The van der Waals surface area contributed by atoms with Crippen molar-refractivity contribution in [1.29, 1.82) is 0 Å². The van der Waals surface area contributed by atoms with E-state index in [1.165, 1.54) is 13.2 Å². The number of rotatable bonds is 5. The molecule has 21 heavy (non-hydrogen) atoms.